The summed E-state index contributed by atoms with van der Waals surface area (Å²) in [5.74, 6) is -1.41. The summed E-state index contributed by atoms with van der Waals surface area (Å²) < 4.78 is 1.20. The van der Waals surface area contributed by atoms with Crippen molar-refractivity contribution in [3.63, 3.8) is 0 Å². The minimum absolute atomic E-state index is 0.000883. The van der Waals surface area contributed by atoms with E-state index in [0.29, 0.717) is 12.2 Å². The summed E-state index contributed by atoms with van der Waals surface area (Å²) in [7, 11) is 0. The number of benzene rings is 1. The number of fused-ring (bicyclic) bond motifs is 2. The third-order valence-electron chi connectivity index (χ3n) is 4.98. The fourth-order valence-electron chi connectivity index (χ4n) is 3.54. The van der Waals surface area contributed by atoms with Crippen LogP contribution >= 0.6 is 0 Å². The Morgan fingerprint density at radius 2 is 1.81 bits per heavy atom. The average Bonchev–Trinajstić information content (AvgIpc) is 2.85. The van der Waals surface area contributed by atoms with Crippen LogP contribution in [0.1, 0.15) is 45.7 Å². The van der Waals surface area contributed by atoms with Crippen molar-refractivity contribution >= 4 is 23.5 Å². The van der Waals surface area contributed by atoms with E-state index in [4.69, 9.17) is 5.73 Å². The van der Waals surface area contributed by atoms with Gasteiger partial charge >= 0.3 is 0 Å². The Bertz CT molecular complexity index is 1080. The predicted octanol–water partition coefficient (Wildman–Crippen LogP) is 0.211. The van der Waals surface area contributed by atoms with Gasteiger partial charge in [0.15, 0.2) is 0 Å². The van der Waals surface area contributed by atoms with Gasteiger partial charge in [0.1, 0.15) is 5.82 Å². The van der Waals surface area contributed by atoms with Gasteiger partial charge < -0.3 is 11.1 Å². The monoisotopic (exact) mass is 352 g/mol. The van der Waals surface area contributed by atoms with Gasteiger partial charge in [-0.05, 0) is 37.1 Å². The van der Waals surface area contributed by atoms with Crippen molar-refractivity contribution in [2.24, 2.45) is 0 Å². The van der Waals surface area contributed by atoms with Gasteiger partial charge in [-0.2, -0.15) is 0 Å². The largest absolute Gasteiger partial charge is 0.384 e. The van der Waals surface area contributed by atoms with Crippen LogP contribution in [0.4, 0.5) is 5.82 Å². The molecule has 4 rings (SSSR count). The molecule has 1 aromatic carbocycles. The van der Waals surface area contributed by atoms with E-state index < -0.39 is 22.8 Å². The van der Waals surface area contributed by atoms with Crippen molar-refractivity contribution in [2.45, 2.75) is 25.8 Å². The fourth-order valence-corrected chi connectivity index (χ4v) is 3.54. The van der Waals surface area contributed by atoms with Crippen LogP contribution in [-0.4, -0.2) is 22.3 Å². The van der Waals surface area contributed by atoms with Crippen LogP contribution in [0.2, 0.25) is 0 Å². The number of hydrogen-bond donors (Lipinski definition) is 3. The van der Waals surface area contributed by atoms with Gasteiger partial charge in [0.25, 0.3) is 17.4 Å². The number of carbonyl (C=O) groups excluding carboxylic acids is 3. The first-order valence-corrected chi connectivity index (χ1v) is 8.05. The molecule has 0 fully saturated rings. The standard InChI is InChI=1S/C18H16N4O4/c1-18(2)11-4-3-9(5-8(11)7-20-17(18)26)22-12(23)6-10-13(14(22)19)16(25)21-15(10)24/h3-6H,7,19H2,1-2H3,(H,20,26)(H,21,24,25). The van der Waals surface area contributed by atoms with Gasteiger partial charge in [-0.3, -0.25) is 29.1 Å². The Balaban J connectivity index is 1.92. The Kier molecular flexibility index (Phi) is 3.12. The molecular weight excluding hydrogens is 336 g/mol. The molecule has 0 spiro atoms. The zero-order chi connectivity index (χ0) is 18.8. The molecule has 3 heterocycles. The van der Waals surface area contributed by atoms with Gasteiger partial charge in [0.05, 0.1) is 22.2 Å². The first-order valence-electron chi connectivity index (χ1n) is 8.05. The number of nitrogens with one attached hydrogen (secondary N) is 2. The van der Waals surface area contributed by atoms with Crippen molar-refractivity contribution in [3.8, 4) is 5.69 Å². The van der Waals surface area contributed by atoms with Gasteiger partial charge in [-0.25, -0.2) is 0 Å². The number of amides is 3. The topological polar surface area (TPSA) is 123 Å². The summed E-state index contributed by atoms with van der Waals surface area (Å²) in [6.45, 7) is 3.99. The first kappa shape index (κ1) is 16.1. The molecule has 0 saturated heterocycles. The molecule has 0 saturated carbocycles. The van der Waals surface area contributed by atoms with Crippen LogP contribution in [0.25, 0.3) is 5.69 Å². The van der Waals surface area contributed by atoms with Crippen molar-refractivity contribution in [1.82, 2.24) is 15.2 Å². The minimum atomic E-state index is -0.688. The van der Waals surface area contributed by atoms with Crippen molar-refractivity contribution in [3.05, 3.63) is 56.9 Å². The molecule has 0 aliphatic carbocycles. The number of hydrogen-bond acceptors (Lipinski definition) is 5. The molecule has 2 aliphatic heterocycles. The lowest BCUT2D eigenvalue weighted by Crippen LogP contribution is -2.44. The van der Waals surface area contributed by atoms with Crippen LogP contribution in [0.3, 0.4) is 0 Å². The van der Waals surface area contributed by atoms with E-state index in [0.717, 1.165) is 17.2 Å². The maximum atomic E-state index is 12.5. The quantitative estimate of drug-likeness (QED) is 0.633. The number of rotatable bonds is 1. The summed E-state index contributed by atoms with van der Waals surface area (Å²) in [6, 6.07) is 6.33. The Labute approximate surface area is 148 Å². The van der Waals surface area contributed by atoms with Crippen LogP contribution in [-0.2, 0) is 16.8 Å². The molecule has 2 aromatic rings. The number of aromatic nitrogens is 1. The third kappa shape index (κ3) is 2.01. The van der Waals surface area contributed by atoms with E-state index in [1.807, 2.05) is 13.8 Å². The highest BCUT2D eigenvalue weighted by atomic mass is 16.2. The molecular formula is C18H16N4O4. The zero-order valence-electron chi connectivity index (χ0n) is 14.2. The number of nitrogen functional groups attached to an aromatic ring is 1. The first-order chi connectivity index (χ1) is 12.2. The van der Waals surface area contributed by atoms with E-state index >= 15 is 0 Å². The van der Waals surface area contributed by atoms with E-state index in [9.17, 15) is 19.2 Å². The molecule has 0 bridgehead atoms. The van der Waals surface area contributed by atoms with Crippen LogP contribution in [0.15, 0.2) is 29.1 Å². The third-order valence-corrected chi connectivity index (χ3v) is 4.98. The number of anilines is 1. The number of nitrogens with zero attached hydrogens (tertiary/aromatic N) is 1. The predicted molar refractivity (Wildman–Crippen MR) is 93.1 cm³/mol. The lowest BCUT2D eigenvalue weighted by molar-refractivity contribution is -0.126. The van der Waals surface area contributed by atoms with Gasteiger partial charge in [0.2, 0.25) is 5.91 Å². The highest BCUT2D eigenvalue weighted by molar-refractivity contribution is 6.23. The van der Waals surface area contributed by atoms with E-state index in [2.05, 4.69) is 10.6 Å². The molecule has 1 aromatic heterocycles. The molecule has 4 N–H and O–H groups in total. The summed E-state index contributed by atoms with van der Waals surface area (Å²) >= 11 is 0. The Morgan fingerprint density at radius 3 is 2.54 bits per heavy atom. The molecule has 8 nitrogen and oxygen atoms in total. The fraction of sp³-hybridized carbons (Fsp3) is 0.222. The molecule has 2 aliphatic rings. The molecule has 132 valence electrons. The minimum Gasteiger partial charge on any atom is -0.384 e. The van der Waals surface area contributed by atoms with Crippen molar-refractivity contribution in [1.29, 1.82) is 0 Å². The molecule has 8 heteroatoms. The molecule has 0 atom stereocenters. The van der Waals surface area contributed by atoms with Gasteiger partial charge in [-0.15, -0.1) is 0 Å². The lowest BCUT2D eigenvalue weighted by Gasteiger charge is -2.32. The summed E-state index contributed by atoms with van der Waals surface area (Å²) in [5, 5.41) is 4.96. The number of imide groups is 1. The second-order valence-corrected chi connectivity index (χ2v) is 6.92. The Morgan fingerprint density at radius 1 is 1.08 bits per heavy atom. The molecule has 0 unspecified atom stereocenters. The van der Waals surface area contributed by atoms with Gasteiger partial charge in [0, 0.05) is 12.6 Å². The second kappa shape index (κ2) is 5.04. The Hall–Kier alpha value is -3.42. The number of nitrogens with two attached hydrogens (primary N) is 1. The van der Waals surface area contributed by atoms with E-state index in [1.54, 1.807) is 18.2 Å². The highest BCUT2D eigenvalue weighted by Gasteiger charge is 2.36. The lowest BCUT2D eigenvalue weighted by atomic mass is 9.78. The van der Waals surface area contributed by atoms with Crippen LogP contribution < -0.4 is 21.9 Å². The number of pyridine rings is 1. The normalized spacial score (nSPS) is 17.4. The maximum Gasteiger partial charge on any atom is 0.262 e. The van der Waals surface area contributed by atoms with Gasteiger partial charge in [-0.1, -0.05) is 6.07 Å². The van der Waals surface area contributed by atoms with E-state index in [1.165, 1.54) is 4.57 Å². The summed E-state index contributed by atoms with van der Waals surface area (Å²) in [6.07, 6.45) is 0. The smallest absolute Gasteiger partial charge is 0.262 e. The molecule has 0 radical (unpaired) electrons. The van der Waals surface area contributed by atoms with Crippen LogP contribution in [0, 0.1) is 0 Å². The average molecular weight is 352 g/mol. The SMILES string of the molecule is CC1(C)C(=O)NCc2cc(-n3c(N)c4c(cc3=O)C(=O)NC4=O)ccc21. The highest BCUT2D eigenvalue weighted by Crippen LogP contribution is 2.32. The summed E-state index contributed by atoms with van der Waals surface area (Å²) in [4.78, 5) is 48.3. The van der Waals surface area contributed by atoms with E-state index in [-0.39, 0.29) is 22.9 Å². The molecule has 26 heavy (non-hydrogen) atoms. The van der Waals surface area contributed by atoms with Crippen molar-refractivity contribution < 1.29 is 14.4 Å². The zero-order valence-corrected chi connectivity index (χ0v) is 14.2. The van der Waals surface area contributed by atoms with Crippen molar-refractivity contribution in [2.75, 3.05) is 5.73 Å². The second-order valence-electron chi connectivity index (χ2n) is 6.92. The molecule has 3 amide bonds. The number of carbonyl (C=O) groups is 3. The maximum absolute atomic E-state index is 12.5. The summed E-state index contributed by atoms with van der Waals surface area (Å²) in [5.41, 5.74) is 7.03. The van der Waals surface area contributed by atoms with Crippen LogP contribution in [0.5, 0.6) is 0 Å².